The van der Waals surface area contributed by atoms with Gasteiger partial charge in [0.2, 0.25) is 0 Å². The first-order chi connectivity index (χ1) is 6.29. The Morgan fingerprint density at radius 2 is 2.00 bits per heavy atom. The average Bonchev–Trinajstić information content (AvgIpc) is 2.72. The number of carbonyl (C=O) groups excluding carboxylic acids is 1. The zero-order valence-electron chi connectivity index (χ0n) is 8.31. The molecule has 0 aromatic heterocycles. The Kier molecular flexibility index (Phi) is 2.65. The molecular weight excluding hydrogens is 177 g/mol. The number of carboxylic acids is 1. The van der Waals surface area contributed by atoms with E-state index in [4.69, 9.17) is 4.74 Å². The summed E-state index contributed by atoms with van der Waals surface area (Å²) in [7, 11) is 0. The van der Waals surface area contributed by atoms with Crippen LogP contribution < -0.4 is 24.0 Å². The Bertz CT molecular complexity index is 252. The van der Waals surface area contributed by atoms with Crippen LogP contribution in [0, 0.1) is 5.92 Å². The molecule has 0 bridgehead atoms. The van der Waals surface area contributed by atoms with Crippen LogP contribution >= 0.6 is 0 Å². The first-order valence-electron chi connectivity index (χ1n) is 4.85. The van der Waals surface area contributed by atoms with Crippen molar-refractivity contribution >= 4 is 5.97 Å². The van der Waals surface area contributed by atoms with Crippen molar-refractivity contribution in [3.63, 3.8) is 0 Å². The van der Waals surface area contributed by atoms with E-state index in [9.17, 15) is 9.90 Å². The first-order valence-corrected chi connectivity index (χ1v) is 4.85. The fourth-order valence-electron chi connectivity index (χ4n) is 2.33. The van der Waals surface area contributed by atoms with Crippen molar-refractivity contribution in [2.24, 2.45) is 5.92 Å². The summed E-state index contributed by atoms with van der Waals surface area (Å²) in [5.41, 5.74) is 0. The van der Waals surface area contributed by atoms with Crippen molar-refractivity contribution in [1.82, 2.24) is 4.90 Å². The summed E-state index contributed by atoms with van der Waals surface area (Å²) in [5, 5.41) is 10.8. The van der Waals surface area contributed by atoms with E-state index in [0.717, 1.165) is 0 Å². The van der Waals surface area contributed by atoms with Crippen LogP contribution in [0.5, 0.6) is 0 Å². The van der Waals surface area contributed by atoms with Gasteiger partial charge in [-0.15, -0.1) is 0 Å². The minimum atomic E-state index is -0.899. The smallest absolute Gasteiger partial charge is 0.548 e. The molecule has 3 fully saturated rings. The molecule has 5 heteroatoms. The molecule has 2 aliphatic heterocycles. The minimum Gasteiger partial charge on any atom is -0.548 e. The molecule has 2 heterocycles. The van der Waals surface area contributed by atoms with E-state index >= 15 is 0 Å². The van der Waals surface area contributed by atoms with E-state index in [-0.39, 0.29) is 30.9 Å². The van der Waals surface area contributed by atoms with Gasteiger partial charge in [0.1, 0.15) is 0 Å². The summed E-state index contributed by atoms with van der Waals surface area (Å²) in [6.07, 6.45) is 2.39. The van der Waals surface area contributed by atoms with Crippen LogP contribution in [0.4, 0.5) is 0 Å². The van der Waals surface area contributed by atoms with E-state index in [2.05, 4.69) is 4.90 Å². The Balaban J connectivity index is 0.000000750. The zero-order valence-corrected chi connectivity index (χ0v) is 8.31. The van der Waals surface area contributed by atoms with Crippen molar-refractivity contribution in [3.8, 4) is 0 Å². The summed E-state index contributed by atoms with van der Waals surface area (Å²) < 4.78 is 5.06. The maximum absolute atomic E-state index is 10.8. The van der Waals surface area contributed by atoms with Gasteiger partial charge in [0, 0.05) is 6.04 Å². The quantitative estimate of drug-likeness (QED) is 0.332. The van der Waals surface area contributed by atoms with Crippen LogP contribution in [0.1, 0.15) is 12.8 Å². The number of rotatable bonds is 3. The molecule has 72 valence electrons. The minimum absolute atomic E-state index is 0. The van der Waals surface area contributed by atoms with Gasteiger partial charge in [-0.3, -0.25) is 4.90 Å². The Morgan fingerprint density at radius 3 is 2.36 bits per heavy atom. The SMILES string of the molecule is O=C([O-])[C@H]1[C@@H](C2CC2)N1C1COC1.[Li+]. The van der Waals surface area contributed by atoms with Crippen molar-refractivity contribution in [1.29, 1.82) is 0 Å². The molecule has 4 nitrogen and oxygen atoms in total. The van der Waals surface area contributed by atoms with Crippen LogP contribution in [0.2, 0.25) is 0 Å². The Morgan fingerprint density at radius 1 is 1.36 bits per heavy atom. The van der Waals surface area contributed by atoms with E-state index in [0.29, 0.717) is 25.2 Å². The predicted octanol–water partition coefficient (Wildman–Crippen LogP) is -4.40. The van der Waals surface area contributed by atoms with Gasteiger partial charge in [0.15, 0.2) is 0 Å². The van der Waals surface area contributed by atoms with Gasteiger partial charge in [-0.05, 0) is 18.8 Å². The van der Waals surface area contributed by atoms with Crippen molar-refractivity contribution < 1.29 is 33.5 Å². The molecule has 0 aromatic carbocycles. The predicted molar refractivity (Wildman–Crippen MR) is 41.8 cm³/mol. The van der Waals surface area contributed by atoms with Crippen molar-refractivity contribution in [2.45, 2.75) is 31.0 Å². The van der Waals surface area contributed by atoms with Crippen LogP contribution in [-0.2, 0) is 9.53 Å². The monoisotopic (exact) mass is 189 g/mol. The molecular formula is C9H12LiNO3. The molecule has 1 aliphatic carbocycles. The van der Waals surface area contributed by atoms with Gasteiger partial charge in [0.25, 0.3) is 0 Å². The molecule has 2 saturated heterocycles. The molecule has 3 atom stereocenters. The molecule has 0 aromatic rings. The summed E-state index contributed by atoms with van der Waals surface area (Å²) in [5.74, 6) is -0.271. The molecule has 1 saturated carbocycles. The third-order valence-electron chi connectivity index (χ3n) is 3.29. The fraction of sp³-hybridized carbons (Fsp3) is 0.889. The number of nitrogens with zero attached hydrogens (tertiary/aromatic N) is 1. The molecule has 0 N–H and O–H groups in total. The molecule has 0 amide bonds. The molecule has 1 unspecified atom stereocenters. The van der Waals surface area contributed by atoms with E-state index in [1.54, 1.807) is 0 Å². The fourth-order valence-corrected chi connectivity index (χ4v) is 2.33. The molecule has 0 radical (unpaired) electrons. The normalized spacial score (nSPS) is 41.0. The summed E-state index contributed by atoms with van der Waals surface area (Å²) in [6.45, 7) is 1.40. The topological polar surface area (TPSA) is 52.4 Å². The molecule has 3 aliphatic rings. The summed E-state index contributed by atoms with van der Waals surface area (Å²) in [6, 6.07) is 0.328. The summed E-state index contributed by atoms with van der Waals surface area (Å²) in [4.78, 5) is 12.8. The Hall–Kier alpha value is -0.0126. The number of carboxylic acid groups (broad SMARTS) is 1. The van der Waals surface area contributed by atoms with E-state index < -0.39 is 5.97 Å². The van der Waals surface area contributed by atoms with Gasteiger partial charge in [-0.2, -0.15) is 0 Å². The van der Waals surface area contributed by atoms with E-state index in [1.807, 2.05) is 0 Å². The standard InChI is InChI=1S/C9H13NO3.Li/c11-9(12)8-7(5-1-2-5)10(8)6-3-13-4-6;/h5-8H,1-4H2,(H,11,12);/q;+1/p-1/t7-,8-,10?;/m1./s1. The number of ether oxygens (including phenoxy) is 1. The zero-order chi connectivity index (χ0) is 9.00. The van der Waals surface area contributed by atoms with Crippen molar-refractivity contribution in [3.05, 3.63) is 0 Å². The van der Waals surface area contributed by atoms with Gasteiger partial charge in [-0.1, -0.05) is 0 Å². The molecule has 3 rings (SSSR count). The van der Waals surface area contributed by atoms with Crippen molar-refractivity contribution in [2.75, 3.05) is 13.2 Å². The van der Waals surface area contributed by atoms with Crippen LogP contribution in [0.25, 0.3) is 0 Å². The number of hydrogen-bond donors (Lipinski definition) is 0. The van der Waals surface area contributed by atoms with Crippen LogP contribution in [0.15, 0.2) is 0 Å². The third-order valence-corrected chi connectivity index (χ3v) is 3.29. The van der Waals surface area contributed by atoms with Crippen LogP contribution in [0.3, 0.4) is 0 Å². The molecule has 14 heavy (non-hydrogen) atoms. The second-order valence-electron chi connectivity index (χ2n) is 4.23. The number of carbonyl (C=O) groups is 1. The molecule has 0 spiro atoms. The van der Waals surface area contributed by atoms with Gasteiger partial charge >= 0.3 is 18.9 Å². The number of hydrogen-bond acceptors (Lipinski definition) is 4. The third kappa shape index (κ3) is 1.51. The Labute approximate surface area is 94.8 Å². The first kappa shape index (κ1) is 10.5. The van der Waals surface area contributed by atoms with Gasteiger partial charge in [-0.25, -0.2) is 0 Å². The van der Waals surface area contributed by atoms with E-state index in [1.165, 1.54) is 12.8 Å². The largest absolute Gasteiger partial charge is 1.00 e. The van der Waals surface area contributed by atoms with Gasteiger partial charge < -0.3 is 14.6 Å². The average molecular weight is 189 g/mol. The second-order valence-corrected chi connectivity index (χ2v) is 4.23. The number of aliphatic carboxylic acids is 1. The van der Waals surface area contributed by atoms with Gasteiger partial charge in [0.05, 0.1) is 31.3 Å². The maximum atomic E-state index is 10.8. The van der Waals surface area contributed by atoms with Crippen LogP contribution in [-0.4, -0.2) is 42.2 Å². The maximum Gasteiger partial charge on any atom is 1.00 e. The second kappa shape index (κ2) is 3.53. The summed E-state index contributed by atoms with van der Waals surface area (Å²) >= 11 is 0.